The minimum Gasteiger partial charge on any atom is -0.478 e. The first-order chi connectivity index (χ1) is 12.2. The first-order valence-corrected chi connectivity index (χ1v) is 9.63. The Morgan fingerprint density at radius 3 is 2.67 bits per heavy atom. The van der Waals surface area contributed by atoms with Crippen LogP contribution in [0, 0.1) is 0 Å². The largest absolute Gasteiger partial charge is 0.478 e. The Morgan fingerprint density at radius 2 is 1.96 bits per heavy atom. The van der Waals surface area contributed by atoms with E-state index in [4.69, 9.17) is 19.8 Å². The van der Waals surface area contributed by atoms with Gasteiger partial charge in [0.25, 0.3) is 5.78 Å². The second-order valence-electron chi connectivity index (χ2n) is 7.20. The van der Waals surface area contributed by atoms with Gasteiger partial charge in [0.1, 0.15) is 5.82 Å². The Balaban J connectivity index is 0.00000131. The molecule has 1 atom stereocenters. The molecule has 152 valence electrons. The number of rotatable bonds is 4. The molecule has 0 bridgehead atoms. The lowest BCUT2D eigenvalue weighted by Crippen LogP contribution is -2.49. The molecule has 1 aliphatic carbocycles. The molecular weight excluding hydrogens is 387 g/mol. The van der Waals surface area contributed by atoms with Gasteiger partial charge >= 0.3 is 0 Å². The quantitative estimate of drug-likeness (QED) is 0.824. The van der Waals surface area contributed by atoms with Crippen LogP contribution in [0.5, 0.6) is 5.88 Å². The first kappa shape index (κ1) is 22.0. The molecule has 0 amide bonds. The molecular formula is C18H30Cl2N6O. The van der Waals surface area contributed by atoms with Gasteiger partial charge in [-0.15, -0.1) is 29.9 Å². The van der Waals surface area contributed by atoms with Crippen LogP contribution in [0.1, 0.15) is 57.7 Å². The maximum atomic E-state index is 5.86. The summed E-state index contributed by atoms with van der Waals surface area (Å²) >= 11 is 0. The van der Waals surface area contributed by atoms with Gasteiger partial charge in [-0.3, -0.25) is 0 Å². The summed E-state index contributed by atoms with van der Waals surface area (Å²) in [4.78, 5) is 11.9. The minimum atomic E-state index is 0. The van der Waals surface area contributed by atoms with E-state index in [0.717, 1.165) is 37.2 Å². The average Bonchev–Trinajstić information content (AvgIpc) is 3.07. The van der Waals surface area contributed by atoms with Crippen molar-refractivity contribution < 1.29 is 4.74 Å². The third-order valence-corrected chi connectivity index (χ3v) is 5.24. The Labute approximate surface area is 173 Å². The Hall–Kier alpha value is -1.31. The second-order valence-corrected chi connectivity index (χ2v) is 7.20. The summed E-state index contributed by atoms with van der Waals surface area (Å²) in [7, 11) is 0. The van der Waals surface area contributed by atoms with E-state index in [1.807, 2.05) is 13.0 Å². The SMILES string of the molecule is CCOc1cc(N2CCNC(C)C2)nc2nc(C3CCCCC3)nn12.Cl.Cl. The number of anilines is 1. The van der Waals surface area contributed by atoms with Crippen molar-refractivity contribution in [2.24, 2.45) is 0 Å². The third-order valence-electron chi connectivity index (χ3n) is 5.24. The molecule has 0 aromatic carbocycles. The maximum Gasteiger partial charge on any atom is 0.257 e. The lowest BCUT2D eigenvalue weighted by molar-refractivity contribution is 0.316. The van der Waals surface area contributed by atoms with Crippen molar-refractivity contribution in [2.45, 2.75) is 57.9 Å². The van der Waals surface area contributed by atoms with Gasteiger partial charge in [-0.25, -0.2) is 0 Å². The van der Waals surface area contributed by atoms with Gasteiger partial charge < -0.3 is 15.0 Å². The molecule has 3 heterocycles. The number of nitrogens with one attached hydrogen (secondary N) is 1. The van der Waals surface area contributed by atoms with Crippen LogP contribution in [0.4, 0.5) is 5.82 Å². The van der Waals surface area contributed by atoms with Crippen molar-refractivity contribution in [2.75, 3.05) is 31.1 Å². The van der Waals surface area contributed by atoms with Crippen molar-refractivity contribution in [3.8, 4) is 5.88 Å². The fourth-order valence-electron chi connectivity index (χ4n) is 3.93. The normalized spacial score (nSPS) is 20.8. The molecule has 2 aliphatic rings. The Kier molecular flexibility index (Phi) is 7.94. The van der Waals surface area contributed by atoms with E-state index in [0.29, 0.717) is 24.3 Å². The van der Waals surface area contributed by atoms with Crippen molar-refractivity contribution in [1.82, 2.24) is 24.9 Å². The summed E-state index contributed by atoms with van der Waals surface area (Å²) in [6, 6.07) is 2.46. The van der Waals surface area contributed by atoms with Gasteiger partial charge in [-0.05, 0) is 26.7 Å². The third kappa shape index (κ3) is 4.76. The molecule has 1 N–H and O–H groups in total. The molecule has 1 aliphatic heterocycles. The molecule has 2 fully saturated rings. The molecule has 0 spiro atoms. The van der Waals surface area contributed by atoms with Crippen molar-refractivity contribution in [3.05, 3.63) is 11.9 Å². The summed E-state index contributed by atoms with van der Waals surface area (Å²) in [5.41, 5.74) is 0. The number of ether oxygens (including phenoxy) is 1. The maximum absolute atomic E-state index is 5.86. The summed E-state index contributed by atoms with van der Waals surface area (Å²) in [5, 5.41) is 8.22. The fraction of sp³-hybridized carbons (Fsp3) is 0.722. The van der Waals surface area contributed by atoms with Crippen LogP contribution in [-0.2, 0) is 0 Å². The zero-order valence-electron chi connectivity index (χ0n) is 16.1. The highest BCUT2D eigenvalue weighted by atomic mass is 35.5. The highest BCUT2D eigenvalue weighted by Crippen LogP contribution is 2.31. The minimum absolute atomic E-state index is 0. The second kappa shape index (κ2) is 9.75. The van der Waals surface area contributed by atoms with E-state index in [1.165, 1.54) is 32.1 Å². The van der Waals surface area contributed by atoms with E-state index in [9.17, 15) is 0 Å². The summed E-state index contributed by atoms with van der Waals surface area (Å²) in [6.45, 7) is 7.67. The molecule has 7 nitrogen and oxygen atoms in total. The molecule has 1 saturated heterocycles. The number of halogens is 2. The van der Waals surface area contributed by atoms with Gasteiger partial charge in [0, 0.05) is 37.7 Å². The van der Waals surface area contributed by atoms with Gasteiger partial charge in [0.15, 0.2) is 5.82 Å². The molecule has 27 heavy (non-hydrogen) atoms. The Bertz CT molecular complexity index is 734. The van der Waals surface area contributed by atoms with Crippen LogP contribution in [0.15, 0.2) is 6.07 Å². The Morgan fingerprint density at radius 1 is 1.19 bits per heavy atom. The molecule has 0 radical (unpaired) electrons. The highest BCUT2D eigenvalue weighted by Gasteiger charge is 2.23. The number of nitrogens with zero attached hydrogens (tertiary/aromatic N) is 5. The van der Waals surface area contributed by atoms with Crippen molar-refractivity contribution in [1.29, 1.82) is 0 Å². The van der Waals surface area contributed by atoms with Crippen LogP contribution >= 0.6 is 24.8 Å². The molecule has 4 rings (SSSR count). The van der Waals surface area contributed by atoms with Gasteiger partial charge in [0.05, 0.1) is 6.61 Å². The number of hydrogen-bond acceptors (Lipinski definition) is 6. The summed E-state index contributed by atoms with van der Waals surface area (Å²) < 4.78 is 7.64. The number of fused-ring (bicyclic) bond motifs is 1. The zero-order valence-corrected chi connectivity index (χ0v) is 17.7. The predicted octanol–water partition coefficient (Wildman–Crippen LogP) is 3.21. The van der Waals surface area contributed by atoms with E-state index >= 15 is 0 Å². The van der Waals surface area contributed by atoms with Crippen LogP contribution in [0.3, 0.4) is 0 Å². The fourth-order valence-corrected chi connectivity index (χ4v) is 3.93. The van der Waals surface area contributed by atoms with Crippen LogP contribution in [-0.4, -0.2) is 51.9 Å². The highest BCUT2D eigenvalue weighted by molar-refractivity contribution is 5.85. The number of aromatic nitrogens is 4. The molecule has 9 heteroatoms. The van der Waals surface area contributed by atoms with Gasteiger partial charge in [-0.1, -0.05) is 19.3 Å². The summed E-state index contributed by atoms with van der Waals surface area (Å²) in [5.74, 6) is 3.73. The molecule has 2 aromatic rings. The van der Waals surface area contributed by atoms with Crippen LogP contribution < -0.4 is 15.0 Å². The lowest BCUT2D eigenvalue weighted by atomic mass is 9.89. The monoisotopic (exact) mass is 416 g/mol. The smallest absolute Gasteiger partial charge is 0.257 e. The predicted molar refractivity (Wildman–Crippen MR) is 112 cm³/mol. The topological polar surface area (TPSA) is 67.6 Å². The molecule has 2 aromatic heterocycles. The van der Waals surface area contributed by atoms with Crippen molar-refractivity contribution in [3.63, 3.8) is 0 Å². The van der Waals surface area contributed by atoms with Crippen LogP contribution in [0.25, 0.3) is 5.78 Å². The van der Waals surface area contributed by atoms with Crippen LogP contribution in [0.2, 0.25) is 0 Å². The van der Waals surface area contributed by atoms with Gasteiger partial charge in [0.2, 0.25) is 5.88 Å². The van der Waals surface area contributed by atoms with E-state index in [1.54, 1.807) is 4.52 Å². The van der Waals surface area contributed by atoms with E-state index in [2.05, 4.69) is 17.1 Å². The molecule has 1 unspecified atom stereocenters. The number of piperazine rings is 1. The first-order valence-electron chi connectivity index (χ1n) is 9.63. The standard InChI is InChI=1S/C18H28N6O.2ClH/c1-3-25-16-11-15(23-10-9-19-13(2)12-23)20-18-21-17(22-24(16)18)14-7-5-4-6-8-14;;/h11,13-14,19H,3-10,12H2,1-2H3;2*1H. The van der Waals surface area contributed by atoms with E-state index in [-0.39, 0.29) is 24.8 Å². The zero-order chi connectivity index (χ0) is 17.2. The van der Waals surface area contributed by atoms with E-state index < -0.39 is 0 Å². The van der Waals surface area contributed by atoms with Crippen molar-refractivity contribution >= 4 is 36.4 Å². The summed E-state index contributed by atoms with van der Waals surface area (Å²) in [6.07, 6.45) is 6.25. The van der Waals surface area contributed by atoms with Gasteiger partial charge in [-0.2, -0.15) is 14.5 Å². The lowest BCUT2D eigenvalue weighted by Gasteiger charge is -2.32. The number of hydrogen-bond donors (Lipinski definition) is 1. The molecule has 1 saturated carbocycles. The average molecular weight is 417 g/mol.